The lowest BCUT2D eigenvalue weighted by Gasteiger charge is -2.04. The number of hydrogen-bond donors (Lipinski definition) is 0. The van der Waals surface area contributed by atoms with Crippen LogP contribution in [0.15, 0.2) is 81.6 Å². The van der Waals surface area contributed by atoms with Gasteiger partial charge in [0.25, 0.3) is 5.82 Å². The van der Waals surface area contributed by atoms with Crippen LogP contribution in [0.25, 0.3) is 66.3 Å². The van der Waals surface area contributed by atoms with E-state index in [1.807, 2.05) is 12.1 Å². The van der Waals surface area contributed by atoms with E-state index in [0.29, 0.717) is 0 Å². The van der Waals surface area contributed by atoms with Crippen molar-refractivity contribution in [1.29, 1.82) is 0 Å². The Kier molecular flexibility index (Phi) is 3.31. The van der Waals surface area contributed by atoms with Gasteiger partial charge in [0, 0.05) is 16.2 Å². The van der Waals surface area contributed by atoms with Crippen molar-refractivity contribution in [2.75, 3.05) is 0 Å². The molecule has 0 N–H and O–H groups in total. The SMILES string of the molecule is Cc1ccc2c(oc3ccc4c5ccccc5oc4c32)c1-c1n(C)c2ccccc2[n+]1C. The minimum atomic E-state index is 0.847. The van der Waals surface area contributed by atoms with Crippen LogP contribution in [0.2, 0.25) is 0 Å². The average molecular weight is 417 g/mol. The highest BCUT2D eigenvalue weighted by Gasteiger charge is 2.28. The molecule has 154 valence electrons. The fraction of sp³-hybridized carbons (Fsp3) is 0.107. The van der Waals surface area contributed by atoms with Gasteiger partial charge in [0.2, 0.25) is 0 Å². The lowest BCUT2D eigenvalue weighted by Crippen LogP contribution is -2.30. The number of imidazole rings is 1. The van der Waals surface area contributed by atoms with Crippen LogP contribution < -0.4 is 4.57 Å². The molecule has 0 aliphatic heterocycles. The van der Waals surface area contributed by atoms with E-state index in [2.05, 4.69) is 90.8 Å². The van der Waals surface area contributed by atoms with Gasteiger partial charge in [-0.1, -0.05) is 42.5 Å². The van der Waals surface area contributed by atoms with Crippen LogP contribution in [0.1, 0.15) is 5.56 Å². The fourth-order valence-electron chi connectivity index (χ4n) is 5.30. The number of fused-ring (bicyclic) bond motifs is 8. The third-order valence-corrected chi connectivity index (χ3v) is 6.82. The Morgan fingerprint density at radius 2 is 1.47 bits per heavy atom. The Hall–Kier alpha value is -4.05. The van der Waals surface area contributed by atoms with E-state index in [4.69, 9.17) is 8.83 Å². The minimum absolute atomic E-state index is 0.847. The van der Waals surface area contributed by atoms with Gasteiger partial charge < -0.3 is 8.83 Å². The first-order chi connectivity index (χ1) is 15.6. The smallest absolute Gasteiger partial charge is 0.293 e. The van der Waals surface area contributed by atoms with E-state index < -0.39 is 0 Å². The molecule has 0 saturated carbocycles. The molecule has 0 spiro atoms. The highest BCUT2D eigenvalue weighted by molar-refractivity contribution is 6.23. The van der Waals surface area contributed by atoms with Gasteiger partial charge in [-0.25, -0.2) is 9.13 Å². The number of nitrogens with zero attached hydrogens (tertiary/aromatic N) is 2. The summed E-state index contributed by atoms with van der Waals surface area (Å²) in [5.74, 6) is 1.12. The molecule has 0 bridgehead atoms. The predicted octanol–water partition coefficient (Wildman–Crippen LogP) is 6.78. The Labute approximate surface area is 183 Å². The van der Waals surface area contributed by atoms with Gasteiger partial charge in [0.05, 0.1) is 19.5 Å². The van der Waals surface area contributed by atoms with Gasteiger partial charge in [-0.05, 0) is 42.8 Å². The standard InChI is InChI=1S/C28H21N2O2/c1-16-12-13-19-25-23(15-14-18-17-8-4-7-11-22(17)31-26(18)25)32-27(19)24(16)28-29(2)20-9-5-6-10-21(20)30(28)3/h4-15H,1-3H3/q+1. The maximum absolute atomic E-state index is 6.54. The number of rotatable bonds is 1. The van der Waals surface area contributed by atoms with E-state index >= 15 is 0 Å². The third kappa shape index (κ3) is 2.09. The second kappa shape index (κ2) is 6.01. The van der Waals surface area contributed by atoms with E-state index in [1.54, 1.807) is 0 Å². The Morgan fingerprint density at radius 1 is 0.719 bits per heavy atom. The van der Waals surface area contributed by atoms with E-state index in [-0.39, 0.29) is 0 Å². The Bertz CT molecular complexity index is 1820. The zero-order valence-electron chi connectivity index (χ0n) is 18.1. The van der Waals surface area contributed by atoms with Crippen molar-refractivity contribution in [3.05, 3.63) is 78.4 Å². The number of furan rings is 2. The maximum Gasteiger partial charge on any atom is 0.293 e. The molecule has 4 aromatic carbocycles. The molecule has 4 heteroatoms. The maximum atomic E-state index is 6.54. The molecule has 3 heterocycles. The molecular formula is C28H21N2O2+. The molecule has 0 aliphatic rings. The first-order valence-electron chi connectivity index (χ1n) is 10.8. The molecule has 4 nitrogen and oxygen atoms in total. The van der Waals surface area contributed by atoms with Crippen molar-refractivity contribution >= 4 is 54.9 Å². The van der Waals surface area contributed by atoms with Crippen molar-refractivity contribution < 1.29 is 13.4 Å². The largest absolute Gasteiger partial charge is 0.455 e. The summed E-state index contributed by atoms with van der Waals surface area (Å²) >= 11 is 0. The van der Waals surface area contributed by atoms with Crippen LogP contribution in [0.4, 0.5) is 0 Å². The van der Waals surface area contributed by atoms with Crippen LogP contribution in [0.5, 0.6) is 0 Å². The van der Waals surface area contributed by atoms with Gasteiger partial charge in [-0.2, -0.15) is 0 Å². The van der Waals surface area contributed by atoms with Gasteiger partial charge in [0.15, 0.2) is 16.6 Å². The molecule has 0 radical (unpaired) electrons. The van der Waals surface area contributed by atoms with Gasteiger partial charge in [0.1, 0.15) is 22.3 Å². The monoisotopic (exact) mass is 417 g/mol. The number of benzene rings is 4. The van der Waals surface area contributed by atoms with Crippen molar-refractivity contribution in [2.24, 2.45) is 14.1 Å². The first-order valence-corrected chi connectivity index (χ1v) is 10.8. The van der Waals surface area contributed by atoms with Crippen molar-refractivity contribution in [3.63, 3.8) is 0 Å². The summed E-state index contributed by atoms with van der Waals surface area (Å²) < 4.78 is 17.4. The quantitative estimate of drug-likeness (QED) is 0.276. The van der Waals surface area contributed by atoms with Crippen LogP contribution >= 0.6 is 0 Å². The predicted molar refractivity (Wildman–Crippen MR) is 129 cm³/mol. The van der Waals surface area contributed by atoms with Crippen molar-refractivity contribution in [3.8, 4) is 11.4 Å². The first kappa shape index (κ1) is 17.6. The van der Waals surface area contributed by atoms with E-state index in [0.717, 1.165) is 55.3 Å². The Balaban J connectivity index is 1.66. The molecule has 0 amide bonds. The average Bonchev–Trinajstić information content (AvgIpc) is 3.45. The molecule has 0 unspecified atom stereocenters. The summed E-state index contributed by atoms with van der Waals surface area (Å²) in [4.78, 5) is 0. The molecule has 32 heavy (non-hydrogen) atoms. The molecule has 0 atom stereocenters. The van der Waals surface area contributed by atoms with Crippen LogP contribution in [0, 0.1) is 6.92 Å². The zero-order valence-corrected chi connectivity index (χ0v) is 18.1. The number of aromatic nitrogens is 2. The van der Waals surface area contributed by atoms with Crippen molar-refractivity contribution in [1.82, 2.24) is 4.57 Å². The number of para-hydroxylation sites is 3. The van der Waals surface area contributed by atoms with Gasteiger partial charge >= 0.3 is 0 Å². The van der Waals surface area contributed by atoms with Crippen LogP contribution in [-0.4, -0.2) is 4.57 Å². The topological polar surface area (TPSA) is 35.1 Å². The number of hydrogen-bond acceptors (Lipinski definition) is 2. The second-order valence-corrected chi connectivity index (χ2v) is 8.58. The van der Waals surface area contributed by atoms with Gasteiger partial charge in [-0.15, -0.1) is 0 Å². The molecule has 0 aliphatic carbocycles. The highest BCUT2D eigenvalue weighted by atomic mass is 16.3. The summed E-state index contributed by atoms with van der Waals surface area (Å²) in [6, 6.07) is 25.2. The number of aryl methyl sites for hydroxylation is 3. The van der Waals surface area contributed by atoms with Gasteiger partial charge in [-0.3, -0.25) is 0 Å². The second-order valence-electron chi connectivity index (χ2n) is 8.58. The normalized spacial score (nSPS) is 12.2. The lowest BCUT2D eigenvalue weighted by molar-refractivity contribution is -0.634. The van der Waals surface area contributed by atoms with E-state index in [1.165, 1.54) is 16.6 Å². The fourth-order valence-corrected chi connectivity index (χ4v) is 5.30. The Morgan fingerprint density at radius 3 is 2.34 bits per heavy atom. The van der Waals surface area contributed by atoms with E-state index in [9.17, 15) is 0 Å². The van der Waals surface area contributed by atoms with Crippen LogP contribution in [0.3, 0.4) is 0 Å². The molecule has 7 aromatic rings. The molecule has 7 rings (SSSR count). The van der Waals surface area contributed by atoms with Crippen LogP contribution in [-0.2, 0) is 14.1 Å². The summed E-state index contributed by atoms with van der Waals surface area (Å²) in [6.07, 6.45) is 0. The minimum Gasteiger partial charge on any atom is -0.455 e. The highest BCUT2D eigenvalue weighted by Crippen LogP contribution is 2.42. The molecule has 0 fully saturated rings. The summed E-state index contributed by atoms with van der Waals surface area (Å²) in [7, 11) is 4.24. The summed E-state index contributed by atoms with van der Waals surface area (Å²) in [6.45, 7) is 2.15. The summed E-state index contributed by atoms with van der Waals surface area (Å²) in [5.41, 5.74) is 8.21. The zero-order chi connectivity index (χ0) is 21.6. The lowest BCUT2D eigenvalue weighted by atomic mass is 10.0. The molecular weight excluding hydrogens is 396 g/mol. The summed E-state index contributed by atoms with van der Waals surface area (Å²) in [5, 5.41) is 4.37. The van der Waals surface area contributed by atoms with Crippen molar-refractivity contribution in [2.45, 2.75) is 6.92 Å². The molecule has 3 aromatic heterocycles. The third-order valence-electron chi connectivity index (χ3n) is 6.82. The molecule has 0 saturated heterocycles.